The Balaban J connectivity index is 1.50. The summed E-state index contributed by atoms with van der Waals surface area (Å²) < 4.78 is 11.2. The molecule has 0 spiro atoms. The van der Waals surface area contributed by atoms with Crippen molar-refractivity contribution in [2.75, 3.05) is 13.2 Å². The summed E-state index contributed by atoms with van der Waals surface area (Å²) in [6.07, 6.45) is 4.20. The number of hydrogen-bond donors (Lipinski definition) is 1. The van der Waals surface area contributed by atoms with Gasteiger partial charge in [-0.1, -0.05) is 18.2 Å². The van der Waals surface area contributed by atoms with Gasteiger partial charge in [0.15, 0.2) is 0 Å². The van der Waals surface area contributed by atoms with Crippen molar-refractivity contribution in [3.8, 4) is 11.5 Å². The fraction of sp³-hybridized carbons (Fsp3) is 0.316. The molecule has 0 aliphatic rings. The highest BCUT2D eigenvalue weighted by Gasteiger charge is 2.01. The lowest BCUT2D eigenvalue weighted by atomic mass is 10.2. The number of unbranched alkanes of at least 4 members (excludes halogenated alkanes) is 3. The van der Waals surface area contributed by atoms with Gasteiger partial charge in [0.05, 0.1) is 18.8 Å². The fourth-order valence-corrected chi connectivity index (χ4v) is 2.15. The van der Waals surface area contributed by atoms with Crippen molar-refractivity contribution in [1.29, 1.82) is 0 Å². The summed E-state index contributed by atoms with van der Waals surface area (Å²) >= 11 is 0. The van der Waals surface area contributed by atoms with E-state index in [4.69, 9.17) is 14.6 Å². The Bertz CT molecular complexity index is 578. The molecule has 122 valence electrons. The summed E-state index contributed by atoms with van der Waals surface area (Å²) in [6, 6.07) is 16.3. The third-order valence-electron chi connectivity index (χ3n) is 3.42. The molecule has 2 aromatic carbocycles. The first-order chi connectivity index (χ1) is 11.3. The van der Waals surface area contributed by atoms with Crippen LogP contribution in [0.3, 0.4) is 0 Å². The minimum Gasteiger partial charge on any atom is -0.494 e. The topological polar surface area (TPSA) is 55.8 Å². The van der Waals surface area contributed by atoms with Crippen LogP contribution in [-0.4, -0.2) is 24.3 Å². The molecule has 0 fully saturated rings. The van der Waals surface area contributed by atoms with Crippen LogP contribution in [0.4, 0.5) is 0 Å². The predicted molar refractivity (Wildman–Crippen MR) is 89.3 cm³/mol. The molecule has 0 saturated carbocycles. The number of para-hydroxylation sites is 1. The summed E-state index contributed by atoms with van der Waals surface area (Å²) in [5.74, 6) is 0.706. The molecule has 0 amide bonds. The van der Waals surface area contributed by atoms with Gasteiger partial charge < -0.3 is 14.6 Å². The van der Waals surface area contributed by atoms with E-state index < -0.39 is 5.97 Å². The maximum atomic E-state index is 10.7. The van der Waals surface area contributed by atoms with Crippen LogP contribution in [0, 0.1) is 0 Å². The quantitative estimate of drug-likeness (QED) is 0.660. The summed E-state index contributed by atoms with van der Waals surface area (Å²) in [5, 5.41) is 8.81. The van der Waals surface area contributed by atoms with Crippen LogP contribution >= 0.6 is 0 Å². The van der Waals surface area contributed by atoms with Crippen LogP contribution in [0.25, 0.3) is 0 Å². The van der Waals surface area contributed by atoms with Crippen LogP contribution in [-0.2, 0) is 0 Å². The third-order valence-corrected chi connectivity index (χ3v) is 3.42. The number of hydrogen-bond acceptors (Lipinski definition) is 3. The lowest BCUT2D eigenvalue weighted by Gasteiger charge is -2.07. The van der Waals surface area contributed by atoms with Gasteiger partial charge in [-0.15, -0.1) is 0 Å². The highest BCUT2D eigenvalue weighted by molar-refractivity contribution is 5.87. The number of aromatic carboxylic acids is 1. The van der Waals surface area contributed by atoms with Gasteiger partial charge in [0, 0.05) is 0 Å². The molecule has 2 aromatic rings. The molecule has 0 radical (unpaired) electrons. The predicted octanol–water partition coefficient (Wildman–Crippen LogP) is 4.40. The molecule has 2 rings (SSSR count). The van der Waals surface area contributed by atoms with E-state index >= 15 is 0 Å². The van der Waals surface area contributed by atoms with Crippen molar-refractivity contribution in [3.05, 3.63) is 60.2 Å². The van der Waals surface area contributed by atoms with E-state index in [9.17, 15) is 4.79 Å². The zero-order valence-electron chi connectivity index (χ0n) is 13.1. The van der Waals surface area contributed by atoms with Crippen molar-refractivity contribution in [2.24, 2.45) is 0 Å². The smallest absolute Gasteiger partial charge is 0.335 e. The van der Waals surface area contributed by atoms with Crippen LogP contribution < -0.4 is 9.47 Å². The Morgan fingerprint density at radius 2 is 1.26 bits per heavy atom. The molecule has 1 N–H and O–H groups in total. The van der Waals surface area contributed by atoms with Crippen LogP contribution in [0.15, 0.2) is 54.6 Å². The van der Waals surface area contributed by atoms with Gasteiger partial charge in [-0.2, -0.15) is 0 Å². The van der Waals surface area contributed by atoms with Gasteiger partial charge in [-0.25, -0.2) is 4.79 Å². The van der Waals surface area contributed by atoms with Crippen molar-refractivity contribution < 1.29 is 19.4 Å². The summed E-state index contributed by atoms with van der Waals surface area (Å²) in [4.78, 5) is 10.7. The molecule has 4 nitrogen and oxygen atoms in total. The highest BCUT2D eigenvalue weighted by atomic mass is 16.5. The Kier molecular flexibility index (Phi) is 6.98. The molecular formula is C19H22O4. The number of carbonyl (C=O) groups is 1. The normalized spacial score (nSPS) is 10.3. The highest BCUT2D eigenvalue weighted by Crippen LogP contribution is 2.13. The van der Waals surface area contributed by atoms with Gasteiger partial charge in [-0.05, 0) is 62.1 Å². The van der Waals surface area contributed by atoms with Gasteiger partial charge in [0.1, 0.15) is 11.5 Å². The Hall–Kier alpha value is -2.49. The monoisotopic (exact) mass is 314 g/mol. The molecule has 0 aliphatic carbocycles. The second-order valence-electron chi connectivity index (χ2n) is 5.25. The molecular weight excluding hydrogens is 292 g/mol. The summed E-state index contributed by atoms with van der Waals surface area (Å²) in [5.41, 5.74) is 0.274. The van der Waals surface area contributed by atoms with Gasteiger partial charge in [-0.3, -0.25) is 0 Å². The molecule has 0 aliphatic heterocycles. The van der Waals surface area contributed by atoms with Gasteiger partial charge in [0.2, 0.25) is 0 Å². The number of carboxylic acid groups (broad SMARTS) is 1. The first kappa shape index (κ1) is 16.9. The van der Waals surface area contributed by atoms with Crippen molar-refractivity contribution in [2.45, 2.75) is 25.7 Å². The van der Waals surface area contributed by atoms with Crippen LogP contribution in [0.1, 0.15) is 36.0 Å². The average Bonchev–Trinajstić information content (AvgIpc) is 2.58. The molecule has 0 bridgehead atoms. The van der Waals surface area contributed by atoms with Crippen molar-refractivity contribution in [3.63, 3.8) is 0 Å². The average molecular weight is 314 g/mol. The van der Waals surface area contributed by atoms with Gasteiger partial charge >= 0.3 is 5.97 Å². The molecule has 23 heavy (non-hydrogen) atoms. The number of ether oxygens (including phenoxy) is 2. The van der Waals surface area contributed by atoms with Crippen molar-refractivity contribution >= 4 is 5.97 Å². The molecule has 4 heteroatoms. The molecule has 0 atom stereocenters. The molecule has 0 aromatic heterocycles. The maximum absolute atomic E-state index is 10.7. The molecule has 0 unspecified atom stereocenters. The van der Waals surface area contributed by atoms with E-state index in [1.54, 1.807) is 24.3 Å². The number of rotatable bonds is 10. The van der Waals surface area contributed by atoms with E-state index in [1.807, 2.05) is 30.3 Å². The SMILES string of the molecule is O=C(O)c1ccc(OCCCCCCOc2ccccc2)cc1. The number of benzene rings is 2. The van der Waals surface area contributed by atoms with Crippen molar-refractivity contribution in [1.82, 2.24) is 0 Å². The molecule has 0 saturated heterocycles. The lowest BCUT2D eigenvalue weighted by molar-refractivity contribution is 0.0697. The van der Waals surface area contributed by atoms with E-state index in [0.717, 1.165) is 38.0 Å². The van der Waals surface area contributed by atoms with E-state index in [-0.39, 0.29) is 5.56 Å². The summed E-state index contributed by atoms with van der Waals surface area (Å²) in [6.45, 7) is 1.38. The second-order valence-corrected chi connectivity index (χ2v) is 5.25. The van der Waals surface area contributed by atoms with E-state index in [1.165, 1.54) is 0 Å². The lowest BCUT2D eigenvalue weighted by Crippen LogP contribution is -2.00. The Morgan fingerprint density at radius 3 is 1.78 bits per heavy atom. The minimum atomic E-state index is -0.922. The van der Waals surface area contributed by atoms with Gasteiger partial charge in [0.25, 0.3) is 0 Å². The standard InChI is InChI=1S/C19H22O4/c20-19(21)16-10-12-18(13-11-16)23-15-7-2-1-6-14-22-17-8-4-3-5-9-17/h3-5,8-13H,1-2,6-7,14-15H2,(H,20,21). The summed E-state index contributed by atoms with van der Waals surface area (Å²) in [7, 11) is 0. The zero-order valence-corrected chi connectivity index (χ0v) is 13.1. The first-order valence-corrected chi connectivity index (χ1v) is 7.90. The number of carboxylic acids is 1. The largest absolute Gasteiger partial charge is 0.494 e. The Morgan fingerprint density at radius 1 is 0.739 bits per heavy atom. The first-order valence-electron chi connectivity index (χ1n) is 7.90. The van der Waals surface area contributed by atoms with E-state index in [0.29, 0.717) is 12.4 Å². The maximum Gasteiger partial charge on any atom is 0.335 e. The second kappa shape index (κ2) is 9.51. The van der Waals surface area contributed by atoms with Crippen LogP contribution in [0.2, 0.25) is 0 Å². The van der Waals surface area contributed by atoms with Crippen LogP contribution in [0.5, 0.6) is 11.5 Å². The third kappa shape index (κ3) is 6.43. The fourth-order valence-electron chi connectivity index (χ4n) is 2.15. The Labute approximate surface area is 136 Å². The van der Waals surface area contributed by atoms with E-state index in [2.05, 4.69) is 0 Å². The minimum absolute atomic E-state index is 0.274. The molecule has 0 heterocycles. The zero-order chi connectivity index (χ0) is 16.3.